The summed E-state index contributed by atoms with van der Waals surface area (Å²) in [7, 11) is 0. The summed E-state index contributed by atoms with van der Waals surface area (Å²) in [6.07, 6.45) is 1.01. The molecule has 0 radical (unpaired) electrons. The van der Waals surface area contributed by atoms with Crippen LogP contribution in [0, 0.1) is 0 Å². The second kappa shape index (κ2) is 10.0. The maximum absolute atomic E-state index is 2.44. The van der Waals surface area contributed by atoms with Gasteiger partial charge in [0.15, 0.2) is 0 Å². The van der Waals surface area contributed by atoms with Gasteiger partial charge in [-0.1, -0.05) is 115 Å². The quantitative estimate of drug-likeness (QED) is 0.189. The lowest BCUT2D eigenvalue weighted by Crippen LogP contribution is -1.86. The van der Waals surface area contributed by atoms with Crippen LogP contribution in [0.2, 0.25) is 0 Å². The zero-order valence-corrected chi connectivity index (χ0v) is 25.9. The number of thiophene rings is 1. The molecule has 1 aliphatic carbocycles. The van der Waals surface area contributed by atoms with E-state index in [-0.39, 0.29) is 0 Å². The van der Waals surface area contributed by atoms with Gasteiger partial charge in [0, 0.05) is 25.7 Å². The molecule has 1 aromatic heterocycles. The third-order valence-electron chi connectivity index (χ3n) is 9.85. The van der Waals surface area contributed by atoms with E-state index in [1.54, 1.807) is 0 Å². The number of fused-ring (bicyclic) bond motifs is 8. The van der Waals surface area contributed by atoms with Gasteiger partial charge in [-0.2, -0.15) is 0 Å². The van der Waals surface area contributed by atoms with E-state index in [4.69, 9.17) is 0 Å². The SMILES string of the molecule is c1ccc2c(c1)Cc1ccc(-c3cc(-c4ccc5ccccc5c4)cc4c3sc3ccc(-c5ccc6ccccc6c5)cc34)cc1-2. The highest BCUT2D eigenvalue weighted by atomic mass is 32.1. The fourth-order valence-electron chi connectivity index (χ4n) is 7.47. The van der Waals surface area contributed by atoms with Crippen molar-refractivity contribution in [1.82, 2.24) is 0 Å². The average molecular weight is 601 g/mol. The van der Waals surface area contributed by atoms with Gasteiger partial charge < -0.3 is 0 Å². The molecule has 1 heterocycles. The smallest absolute Gasteiger partial charge is 0.0434 e. The molecular formula is C45H28S. The maximum Gasteiger partial charge on any atom is 0.0434 e. The van der Waals surface area contributed by atoms with Crippen LogP contribution < -0.4 is 0 Å². The van der Waals surface area contributed by atoms with Crippen LogP contribution in [-0.4, -0.2) is 0 Å². The van der Waals surface area contributed by atoms with Crippen molar-refractivity contribution in [2.24, 2.45) is 0 Å². The molecule has 0 aliphatic heterocycles. The van der Waals surface area contributed by atoms with Gasteiger partial charge in [-0.3, -0.25) is 0 Å². The predicted molar refractivity (Wildman–Crippen MR) is 199 cm³/mol. The minimum Gasteiger partial charge on any atom is -0.135 e. The Hall–Kier alpha value is -5.50. The molecule has 0 amide bonds. The van der Waals surface area contributed by atoms with Crippen LogP contribution in [0.15, 0.2) is 158 Å². The molecule has 8 aromatic carbocycles. The molecule has 1 heteroatoms. The fourth-order valence-corrected chi connectivity index (χ4v) is 8.67. The van der Waals surface area contributed by atoms with Gasteiger partial charge in [0.25, 0.3) is 0 Å². The summed E-state index contributed by atoms with van der Waals surface area (Å²) in [5.74, 6) is 0. The predicted octanol–water partition coefficient (Wildman–Crippen LogP) is 12.9. The number of benzene rings is 8. The van der Waals surface area contributed by atoms with Crippen molar-refractivity contribution in [3.05, 3.63) is 169 Å². The van der Waals surface area contributed by atoms with Crippen LogP contribution in [0.3, 0.4) is 0 Å². The lowest BCUT2D eigenvalue weighted by Gasteiger charge is -2.12. The summed E-state index contributed by atoms with van der Waals surface area (Å²) in [5.41, 5.74) is 13.2. The Balaban J connectivity index is 1.21. The van der Waals surface area contributed by atoms with Crippen LogP contribution in [-0.2, 0) is 6.42 Å². The van der Waals surface area contributed by atoms with E-state index in [1.165, 1.54) is 97.4 Å². The normalized spacial score (nSPS) is 12.3. The molecule has 214 valence electrons. The van der Waals surface area contributed by atoms with Crippen molar-refractivity contribution in [2.45, 2.75) is 6.42 Å². The summed E-state index contributed by atoms with van der Waals surface area (Å²) >= 11 is 1.91. The first-order valence-electron chi connectivity index (χ1n) is 16.0. The molecular weight excluding hydrogens is 573 g/mol. The topological polar surface area (TPSA) is 0 Å². The molecule has 9 aromatic rings. The molecule has 0 saturated heterocycles. The molecule has 0 nitrogen and oxygen atoms in total. The van der Waals surface area contributed by atoms with Gasteiger partial charge in [0.2, 0.25) is 0 Å². The Morgan fingerprint density at radius 2 is 0.913 bits per heavy atom. The Kier molecular flexibility index (Phi) is 5.61. The van der Waals surface area contributed by atoms with Gasteiger partial charge in [-0.05, 0) is 121 Å². The number of rotatable bonds is 3. The van der Waals surface area contributed by atoms with Crippen LogP contribution in [0.4, 0.5) is 0 Å². The molecule has 0 N–H and O–H groups in total. The molecule has 10 rings (SSSR count). The lowest BCUT2D eigenvalue weighted by atomic mass is 9.92. The largest absolute Gasteiger partial charge is 0.135 e. The number of hydrogen-bond acceptors (Lipinski definition) is 1. The zero-order chi connectivity index (χ0) is 30.2. The van der Waals surface area contributed by atoms with Crippen molar-refractivity contribution in [3.63, 3.8) is 0 Å². The van der Waals surface area contributed by atoms with Crippen molar-refractivity contribution in [3.8, 4) is 44.5 Å². The second-order valence-corrected chi connectivity index (χ2v) is 13.6. The third kappa shape index (κ3) is 4.06. The minimum absolute atomic E-state index is 1.01. The summed E-state index contributed by atoms with van der Waals surface area (Å²) in [6.45, 7) is 0. The van der Waals surface area contributed by atoms with Crippen LogP contribution in [0.5, 0.6) is 0 Å². The first-order valence-corrected chi connectivity index (χ1v) is 16.8. The van der Waals surface area contributed by atoms with Gasteiger partial charge in [-0.25, -0.2) is 0 Å². The molecule has 46 heavy (non-hydrogen) atoms. The van der Waals surface area contributed by atoms with Gasteiger partial charge in [0.1, 0.15) is 0 Å². The van der Waals surface area contributed by atoms with E-state index in [1.807, 2.05) is 11.3 Å². The Bertz CT molecular complexity index is 2670. The first-order chi connectivity index (χ1) is 22.7. The van der Waals surface area contributed by atoms with E-state index >= 15 is 0 Å². The highest BCUT2D eigenvalue weighted by molar-refractivity contribution is 7.26. The van der Waals surface area contributed by atoms with E-state index in [9.17, 15) is 0 Å². The zero-order valence-electron chi connectivity index (χ0n) is 25.1. The van der Waals surface area contributed by atoms with Crippen molar-refractivity contribution in [2.75, 3.05) is 0 Å². The second-order valence-electron chi connectivity index (χ2n) is 12.5. The van der Waals surface area contributed by atoms with Gasteiger partial charge in [-0.15, -0.1) is 11.3 Å². The monoisotopic (exact) mass is 600 g/mol. The molecule has 1 aliphatic rings. The fraction of sp³-hybridized carbons (Fsp3) is 0.0222. The summed E-state index contributed by atoms with van der Waals surface area (Å²) in [4.78, 5) is 0. The lowest BCUT2D eigenvalue weighted by molar-refractivity contribution is 1.26. The number of hydrogen-bond donors (Lipinski definition) is 0. The van der Waals surface area contributed by atoms with Gasteiger partial charge >= 0.3 is 0 Å². The molecule has 0 atom stereocenters. The van der Waals surface area contributed by atoms with Crippen molar-refractivity contribution < 1.29 is 0 Å². The summed E-state index contributed by atoms with van der Waals surface area (Å²) in [5, 5.41) is 7.73. The molecule has 0 saturated carbocycles. The summed E-state index contributed by atoms with van der Waals surface area (Å²) < 4.78 is 2.67. The van der Waals surface area contributed by atoms with Crippen LogP contribution in [0.1, 0.15) is 11.1 Å². The van der Waals surface area contributed by atoms with Crippen molar-refractivity contribution in [1.29, 1.82) is 0 Å². The molecule has 0 unspecified atom stereocenters. The van der Waals surface area contributed by atoms with E-state index in [0.717, 1.165) is 6.42 Å². The minimum atomic E-state index is 1.01. The Morgan fingerprint density at radius 3 is 1.70 bits per heavy atom. The molecule has 0 spiro atoms. The molecule has 0 fully saturated rings. The Morgan fingerprint density at radius 1 is 0.348 bits per heavy atom. The van der Waals surface area contributed by atoms with Crippen molar-refractivity contribution >= 4 is 53.1 Å². The molecule has 0 bridgehead atoms. The first kappa shape index (κ1) is 25.8. The van der Waals surface area contributed by atoms with E-state index in [2.05, 4.69) is 158 Å². The standard InChI is InChI=1S/C45H28S/c1-3-9-30-21-32(15-13-28(30)7-1)34-19-20-44-42(24-34)43-27-38(33-16-14-29-8-2-4-10-31(29)22-33)26-41(45(43)46-44)37-18-17-36-23-35-11-5-6-12-39(35)40(36)25-37/h1-22,24-27H,23H2. The Labute approximate surface area is 271 Å². The van der Waals surface area contributed by atoms with Gasteiger partial charge in [0.05, 0.1) is 0 Å². The van der Waals surface area contributed by atoms with Crippen LogP contribution >= 0.6 is 11.3 Å². The summed E-state index contributed by atoms with van der Waals surface area (Å²) in [6, 6.07) is 58.8. The average Bonchev–Trinajstić information content (AvgIpc) is 3.68. The van der Waals surface area contributed by atoms with Crippen LogP contribution in [0.25, 0.3) is 86.2 Å². The highest BCUT2D eigenvalue weighted by Gasteiger charge is 2.20. The van der Waals surface area contributed by atoms with E-state index < -0.39 is 0 Å². The highest BCUT2D eigenvalue weighted by Crippen LogP contribution is 2.46. The van der Waals surface area contributed by atoms with E-state index in [0.29, 0.717) is 0 Å². The maximum atomic E-state index is 2.44. The third-order valence-corrected chi connectivity index (χ3v) is 11.1.